The van der Waals surface area contributed by atoms with Gasteiger partial charge in [0.15, 0.2) is 11.5 Å². The van der Waals surface area contributed by atoms with Crippen LogP contribution in [0.15, 0.2) is 89.9 Å². The average Bonchev–Trinajstić information content (AvgIpc) is 2.88. The van der Waals surface area contributed by atoms with Crippen molar-refractivity contribution in [3.63, 3.8) is 0 Å². The lowest BCUT2D eigenvalue weighted by atomic mass is 10.1. The van der Waals surface area contributed by atoms with Crippen LogP contribution >= 0.6 is 0 Å². The Morgan fingerprint density at radius 1 is 0.778 bits per heavy atom. The zero-order valence-corrected chi connectivity index (χ0v) is 18.9. The van der Waals surface area contributed by atoms with Crippen molar-refractivity contribution in [2.45, 2.75) is 0 Å². The Morgan fingerprint density at radius 2 is 1.42 bits per heavy atom. The molecule has 0 aliphatic rings. The molecule has 0 saturated carbocycles. The predicted octanol–water partition coefficient (Wildman–Crippen LogP) is 6.43. The van der Waals surface area contributed by atoms with Crippen LogP contribution in [0.2, 0.25) is 0 Å². The third-order valence-corrected chi connectivity index (χ3v) is 5.19. The molecule has 0 spiro atoms. The van der Waals surface area contributed by atoms with Gasteiger partial charge in [0, 0.05) is 12.3 Å². The lowest BCUT2D eigenvalue weighted by molar-refractivity contribution is -0.394. The molecule has 10 nitrogen and oxygen atoms in total. The van der Waals surface area contributed by atoms with Crippen LogP contribution in [0.25, 0.3) is 11.1 Å². The summed E-state index contributed by atoms with van der Waals surface area (Å²) in [7, 11) is 1.43. The van der Waals surface area contributed by atoms with Crippen LogP contribution in [-0.2, 0) is 0 Å². The van der Waals surface area contributed by atoms with E-state index in [1.165, 1.54) is 13.2 Å². The van der Waals surface area contributed by atoms with Gasteiger partial charge < -0.3 is 14.6 Å². The minimum atomic E-state index is -0.747. The lowest BCUT2D eigenvalue weighted by Crippen LogP contribution is -1.97. The van der Waals surface area contributed by atoms with E-state index in [1.807, 2.05) is 36.4 Å². The summed E-state index contributed by atoms with van der Waals surface area (Å²) in [5.41, 5.74) is 2.42. The van der Waals surface area contributed by atoms with E-state index < -0.39 is 21.2 Å². The largest absolute Gasteiger partial charge is 0.508 e. The second-order valence-electron chi connectivity index (χ2n) is 7.53. The number of aromatic hydroxyl groups is 1. The maximum absolute atomic E-state index is 11.4. The molecule has 0 bridgehead atoms. The fourth-order valence-corrected chi connectivity index (χ4v) is 3.36. The van der Waals surface area contributed by atoms with Gasteiger partial charge in [-0.2, -0.15) is 0 Å². The number of nitro groups is 2. The van der Waals surface area contributed by atoms with Gasteiger partial charge in [0.1, 0.15) is 5.75 Å². The minimum absolute atomic E-state index is 0.154. The molecule has 0 atom stereocenters. The number of benzene rings is 4. The van der Waals surface area contributed by atoms with Crippen LogP contribution in [0, 0.1) is 20.2 Å². The Morgan fingerprint density at radius 3 is 2.03 bits per heavy atom. The smallest absolute Gasteiger partial charge is 0.318 e. The number of phenols is 1. The van der Waals surface area contributed by atoms with Crippen molar-refractivity contribution in [2.75, 3.05) is 7.11 Å². The monoisotopic (exact) mass is 485 g/mol. The van der Waals surface area contributed by atoms with Crippen molar-refractivity contribution in [1.82, 2.24) is 0 Å². The highest BCUT2D eigenvalue weighted by Gasteiger charge is 2.22. The van der Waals surface area contributed by atoms with Gasteiger partial charge in [-0.1, -0.05) is 24.3 Å². The summed E-state index contributed by atoms with van der Waals surface area (Å²) < 4.78 is 11.0. The molecule has 10 heteroatoms. The summed E-state index contributed by atoms with van der Waals surface area (Å²) in [5, 5.41) is 31.7. The first-order valence-electron chi connectivity index (χ1n) is 10.6. The molecule has 0 amide bonds. The fourth-order valence-electron chi connectivity index (χ4n) is 3.36. The van der Waals surface area contributed by atoms with Gasteiger partial charge in [0.05, 0.1) is 28.7 Å². The Bertz CT molecular complexity index is 1450. The Balaban J connectivity index is 1.53. The molecule has 1 N–H and O–H groups in total. The van der Waals surface area contributed by atoms with Gasteiger partial charge in [0.25, 0.3) is 5.69 Å². The summed E-state index contributed by atoms with van der Waals surface area (Å²) in [6, 6.07) is 22.5. The van der Waals surface area contributed by atoms with E-state index in [9.17, 15) is 25.3 Å². The number of ether oxygens (including phenoxy) is 2. The Kier molecular flexibility index (Phi) is 6.87. The number of phenolic OH excluding ortho intramolecular Hbond substituents is 1. The molecular formula is C26H19N3O7. The van der Waals surface area contributed by atoms with E-state index in [4.69, 9.17) is 9.47 Å². The number of aliphatic imine (C=N–C) groups is 1. The molecule has 0 radical (unpaired) electrons. The number of nitro benzene ring substituents is 2. The SMILES string of the molecule is COc1cc(C=Nc2ccc(-c3ccc(O)cc3)cc2)ccc1Oc1ccc([N+](=O)[O-])cc1[N+](=O)[O-]. The maximum atomic E-state index is 11.4. The van der Waals surface area contributed by atoms with E-state index in [0.29, 0.717) is 11.3 Å². The lowest BCUT2D eigenvalue weighted by Gasteiger charge is -2.11. The van der Waals surface area contributed by atoms with Gasteiger partial charge in [-0.25, -0.2) is 0 Å². The van der Waals surface area contributed by atoms with Gasteiger partial charge in [0.2, 0.25) is 5.75 Å². The average molecular weight is 485 g/mol. The van der Waals surface area contributed by atoms with Crippen LogP contribution in [-0.4, -0.2) is 28.3 Å². The molecule has 0 aliphatic heterocycles. The minimum Gasteiger partial charge on any atom is -0.508 e. The van der Waals surface area contributed by atoms with Crippen LogP contribution in [0.4, 0.5) is 17.1 Å². The third-order valence-electron chi connectivity index (χ3n) is 5.19. The number of hydrogen-bond acceptors (Lipinski definition) is 8. The molecule has 0 aromatic heterocycles. The molecule has 36 heavy (non-hydrogen) atoms. The second kappa shape index (κ2) is 10.3. The van der Waals surface area contributed by atoms with Crippen molar-refractivity contribution >= 4 is 23.3 Å². The highest BCUT2D eigenvalue weighted by atomic mass is 16.6. The van der Waals surface area contributed by atoms with E-state index in [2.05, 4.69) is 4.99 Å². The predicted molar refractivity (Wildman–Crippen MR) is 134 cm³/mol. The first-order valence-corrected chi connectivity index (χ1v) is 10.6. The zero-order valence-electron chi connectivity index (χ0n) is 18.9. The van der Waals surface area contributed by atoms with Crippen molar-refractivity contribution in [1.29, 1.82) is 0 Å². The fraction of sp³-hybridized carbons (Fsp3) is 0.0385. The van der Waals surface area contributed by atoms with E-state index in [0.717, 1.165) is 28.9 Å². The summed E-state index contributed by atoms with van der Waals surface area (Å²) in [6.07, 6.45) is 1.64. The summed E-state index contributed by atoms with van der Waals surface area (Å²) >= 11 is 0. The van der Waals surface area contributed by atoms with Crippen LogP contribution < -0.4 is 9.47 Å². The first kappa shape index (κ1) is 23.9. The number of methoxy groups -OCH3 is 1. The van der Waals surface area contributed by atoms with Gasteiger partial charge in [-0.05, 0) is 65.2 Å². The van der Waals surface area contributed by atoms with Crippen LogP contribution in [0.3, 0.4) is 0 Å². The van der Waals surface area contributed by atoms with Gasteiger partial charge in [-0.3, -0.25) is 25.2 Å². The maximum Gasteiger partial charge on any atom is 0.318 e. The Hall–Kier alpha value is -5.25. The summed E-state index contributed by atoms with van der Waals surface area (Å²) in [4.78, 5) is 25.3. The first-order chi connectivity index (χ1) is 17.3. The topological polar surface area (TPSA) is 137 Å². The van der Waals surface area contributed by atoms with Crippen molar-refractivity contribution in [3.05, 3.63) is 111 Å². The molecule has 4 aromatic carbocycles. The molecule has 0 saturated heterocycles. The number of nitrogens with zero attached hydrogens (tertiary/aromatic N) is 3. The molecule has 0 unspecified atom stereocenters. The van der Waals surface area contributed by atoms with Crippen molar-refractivity contribution < 1.29 is 24.4 Å². The molecule has 4 aromatic rings. The molecule has 4 rings (SSSR count). The van der Waals surface area contributed by atoms with E-state index >= 15 is 0 Å². The number of rotatable bonds is 8. The molecule has 0 heterocycles. The quantitative estimate of drug-likeness (QED) is 0.172. The van der Waals surface area contributed by atoms with Crippen LogP contribution in [0.5, 0.6) is 23.0 Å². The summed E-state index contributed by atoms with van der Waals surface area (Å²) in [5.74, 6) is 0.552. The summed E-state index contributed by atoms with van der Waals surface area (Å²) in [6.45, 7) is 0. The van der Waals surface area contributed by atoms with E-state index in [1.54, 1.807) is 36.5 Å². The molecule has 180 valence electrons. The number of non-ortho nitro benzene ring substituents is 1. The highest BCUT2D eigenvalue weighted by molar-refractivity contribution is 5.83. The van der Waals surface area contributed by atoms with Crippen molar-refractivity contribution in [2.24, 2.45) is 4.99 Å². The van der Waals surface area contributed by atoms with E-state index in [-0.39, 0.29) is 17.2 Å². The second-order valence-corrected chi connectivity index (χ2v) is 7.53. The third kappa shape index (κ3) is 5.45. The standard InChI is InChI=1S/C26H19N3O7/c1-35-26-14-17(16-27-20-7-3-18(4-8-20)19-5-10-22(30)11-6-19)2-12-25(26)36-24-13-9-21(28(31)32)15-23(24)29(33)34/h2-16,30H,1H3. The molecular weight excluding hydrogens is 466 g/mol. The zero-order chi connectivity index (χ0) is 25.7. The number of hydrogen-bond donors (Lipinski definition) is 1. The molecule has 0 aliphatic carbocycles. The molecule has 0 fully saturated rings. The Labute approximate surface area is 205 Å². The van der Waals surface area contributed by atoms with Crippen molar-refractivity contribution in [3.8, 4) is 34.1 Å². The normalized spacial score (nSPS) is 10.8. The van der Waals surface area contributed by atoms with Crippen LogP contribution in [0.1, 0.15) is 5.56 Å². The van der Waals surface area contributed by atoms with Gasteiger partial charge >= 0.3 is 5.69 Å². The van der Waals surface area contributed by atoms with Gasteiger partial charge in [-0.15, -0.1) is 0 Å². The highest BCUT2D eigenvalue weighted by Crippen LogP contribution is 2.38.